The predicted molar refractivity (Wildman–Crippen MR) is 65.5 cm³/mol. The van der Waals surface area contributed by atoms with Crippen molar-refractivity contribution in [1.29, 1.82) is 0 Å². The Kier molecular flexibility index (Phi) is 3.06. The smallest absolute Gasteiger partial charge is 0.203 e. The highest BCUT2D eigenvalue weighted by Gasteiger charge is 2.11. The van der Waals surface area contributed by atoms with E-state index in [2.05, 4.69) is 0 Å². The van der Waals surface area contributed by atoms with Crippen LogP contribution in [0.15, 0.2) is 35.7 Å². The molecule has 0 amide bonds. The van der Waals surface area contributed by atoms with Gasteiger partial charge in [0.15, 0.2) is 0 Å². The van der Waals surface area contributed by atoms with Gasteiger partial charge in [-0.15, -0.1) is 11.3 Å². The second kappa shape index (κ2) is 4.49. The predicted octanol–water partition coefficient (Wildman–Crippen LogP) is 3.30. The average molecular weight is 232 g/mol. The van der Waals surface area contributed by atoms with Crippen molar-refractivity contribution in [2.24, 2.45) is 0 Å². The summed E-state index contributed by atoms with van der Waals surface area (Å²) in [5.41, 5.74) is 1.82. The Labute approximate surface area is 98.5 Å². The van der Waals surface area contributed by atoms with Gasteiger partial charge in [0, 0.05) is 17.0 Å². The maximum absolute atomic E-state index is 12.1. The lowest BCUT2D eigenvalue weighted by molar-refractivity contribution is 0.104. The fraction of sp³-hybridized carbons (Fsp3) is 0.154. The van der Waals surface area contributed by atoms with Gasteiger partial charge in [0.25, 0.3) is 0 Å². The van der Waals surface area contributed by atoms with Crippen LogP contribution in [0.2, 0.25) is 0 Å². The Hall–Kier alpha value is -1.61. The topological polar surface area (TPSA) is 26.3 Å². The zero-order valence-electron chi connectivity index (χ0n) is 9.19. The van der Waals surface area contributed by atoms with E-state index >= 15 is 0 Å². The summed E-state index contributed by atoms with van der Waals surface area (Å²) in [4.78, 5) is 12.8. The Bertz CT molecular complexity index is 514. The van der Waals surface area contributed by atoms with Crippen molar-refractivity contribution in [3.05, 3.63) is 51.7 Å². The van der Waals surface area contributed by atoms with E-state index in [9.17, 15) is 4.79 Å². The fourth-order valence-electron chi connectivity index (χ4n) is 1.47. The van der Waals surface area contributed by atoms with Crippen LogP contribution < -0.4 is 4.74 Å². The third-order valence-electron chi connectivity index (χ3n) is 2.32. The molecule has 0 aliphatic rings. The van der Waals surface area contributed by atoms with E-state index in [1.807, 2.05) is 36.6 Å². The van der Waals surface area contributed by atoms with Crippen LogP contribution in [-0.2, 0) is 0 Å². The minimum absolute atomic E-state index is 0.0528. The largest absolute Gasteiger partial charge is 0.496 e. The molecular formula is C13H12O2S. The summed E-state index contributed by atoms with van der Waals surface area (Å²) in [5, 5.41) is 1.84. The maximum Gasteiger partial charge on any atom is 0.203 e. The number of hydrogen-bond donors (Lipinski definition) is 0. The molecule has 0 saturated carbocycles. The van der Waals surface area contributed by atoms with E-state index in [0.29, 0.717) is 4.88 Å². The second-order valence-corrected chi connectivity index (χ2v) is 4.46. The normalized spacial score (nSPS) is 10.1. The number of aryl methyl sites for hydroxylation is 1. The minimum Gasteiger partial charge on any atom is -0.496 e. The molecule has 0 unspecified atom stereocenters. The number of methoxy groups -OCH3 is 1. The molecule has 0 aliphatic heterocycles. The van der Waals surface area contributed by atoms with Gasteiger partial charge in [0.05, 0.1) is 12.0 Å². The van der Waals surface area contributed by atoms with Crippen LogP contribution in [0.4, 0.5) is 0 Å². The third-order valence-corrected chi connectivity index (χ3v) is 3.22. The molecule has 0 aliphatic carbocycles. The number of ether oxygens (including phenoxy) is 1. The first-order valence-corrected chi connectivity index (χ1v) is 5.82. The van der Waals surface area contributed by atoms with Gasteiger partial charge >= 0.3 is 0 Å². The van der Waals surface area contributed by atoms with Gasteiger partial charge in [-0.1, -0.05) is 23.8 Å². The zero-order valence-corrected chi connectivity index (χ0v) is 10.0. The Morgan fingerprint density at radius 3 is 2.75 bits per heavy atom. The molecule has 1 aromatic carbocycles. The van der Waals surface area contributed by atoms with Crippen molar-refractivity contribution in [2.75, 3.05) is 7.11 Å². The number of carbonyl (C=O) groups is 1. The van der Waals surface area contributed by atoms with Crippen molar-refractivity contribution in [3.63, 3.8) is 0 Å². The van der Waals surface area contributed by atoms with Crippen molar-refractivity contribution >= 4 is 17.1 Å². The monoisotopic (exact) mass is 232 g/mol. The standard InChI is InChI=1S/C13H12O2S/c1-9-4-3-5-10(6-9)13(14)12-7-11(15-2)8-16-12/h3-8H,1-2H3. The van der Waals surface area contributed by atoms with Crippen LogP contribution in [0.3, 0.4) is 0 Å². The van der Waals surface area contributed by atoms with Crippen LogP contribution >= 0.6 is 11.3 Å². The Morgan fingerprint density at radius 1 is 1.31 bits per heavy atom. The summed E-state index contributed by atoms with van der Waals surface area (Å²) in [6.45, 7) is 1.98. The highest BCUT2D eigenvalue weighted by molar-refractivity contribution is 7.12. The summed E-state index contributed by atoms with van der Waals surface area (Å²) >= 11 is 1.41. The van der Waals surface area contributed by atoms with Gasteiger partial charge in [-0.2, -0.15) is 0 Å². The molecule has 2 nitrogen and oxygen atoms in total. The fourth-order valence-corrected chi connectivity index (χ4v) is 2.29. The van der Waals surface area contributed by atoms with Crippen molar-refractivity contribution < 1.29 is 9.53 Å². The van der Waals surface area contributed by atoms with Crippen LogP contribution in [-0.4, -0.2) is 12.9 Å². The molecule has 1 aromatic heterocycles. The molecule has 0 bridgehead atoms. The number of hydrogen-bond acceptors (Lipinski definition) is 3. The summed E-state index contributed by atoms with van der Waals surface area (Å²) < 4.78 is 5.06. The average Bonchev–Trinajstić information content (AvgIpc) is 2.76. The van der Waals surface area contributed by atoms with Crippen molar-refractivity contribution in [2.45, 2.75) is 6.92 Å². The molecule has 0 fully saturated rings. The molecule has 0 saturated heterocycles. The molecule has 0 radical (unpaired) electrons. The quantitative estimate of drug-likeness (QED) is 0.759. The first-order chi connectivity index (χ1) is 7.70. The molecule has 0 spiro atoms. The number of benzene rings is 1. The Morgan fingerprint density at radius 2 is 2.12 bits per heavy atom. The van der Waals surface area contributed by atoms with Gasteiger partial charge in [-0.25, -0.2) is 0 Å². The minimum atomic E-state index is 0.0528. The van der Waals surface area contributed by atoms with Crippen molar-refractivity contribution in [3.8, 4) is 5.75 Å². The van der Waals surface area contributed by atoms with Gasteiger partial charge in [0.2, 0.25) is 5.78 Å². The summed E-state index contributed by atoms with van der Waals surface area (Å²) in [6, 6.07) is 9.38. The zero-order chi connectivity index (χ0) is 11.5. The highest BCUT2D eigenvalue weighted by atomic mass is 32.1. The van der Waals surface area contributed by atoms with Gasteiger partial charge in [0.1, 0.15) is 5.75 Å². The van der Waals surface area contributed by atoms with Crippen LogP contribution in [0.25, 0.3) is 0 Å². The lowest BCUT2D eigenvalue weighted by atomic mass is 10.1. The van der Waals surface area contributed by atoms with Gasteiger partial charge in [-0.3, -0.25) is 4.79 Å². The SMILES string of the molecule is COc1csc(C(=O)c2cccc(C)c2)c1. The first kappa shape index (κ1) is 10.9. The number of thiophene rings is 1. The third kappa shape index (κ3) is 2.14. The second-order valence-electron chi connectivity index (χ2n) is 3.55. The van der Waals surface area contributed by atoms with Crippen molar-refractivity contribution in [1.82, 2.24) is 0 Å². The van der Waals surface area contributed by atoms with Crippen LogP contribution in [0.1, 0.15) is 20.8 Å². The van der Waals surface area contributed by atoms with Gasteiger partial charge in [-0.05, 0) is 13.0 Å². The summed E-state index contributed by atoms with van der Waals surface area (Å²) in [5.74, 6) is 0.790. The van der Waals surface area contributed by atoms with E-state index in [-0.39, 0.29) is 5.78 Å². The molecule has 82 valence electrons. The summed E-state index contributed by atoms with van der Waals surface area (Å²) in [7, 11) is 1.60. The van der Waals surface area contributed by atoms with E-state index in [1.54, 1.807) is 13.2 Å². The molecule has 0 N–H and O–H groups in total. The lowest BCUT2D eigenvalue weighted by Crippen LogP contribution is -1.98. The van der Waals surface area contributed by atoms with E-state index in [0.717, 1.165) is 16.9 Å². The maximum atomic E-state index is 12.1. The number of ketones is 1. The summed E-state index contributed by atoms with van der Waals surface area (Å²) in [6.07, 6.45) is 0. The van der Waals surface area contributed by atoms with E-state index < -0.39 is 0 Å². The molecule has 0 atom stereocenters. The molecular weight excluding hydrogens is 220 g/mol. The number of rotatable bonds is 3. The first-order valence-electron chi connectivity index (χ1n) is 4.94. The van der Waals surface area contributed by atoms with E-state index in [1.165, 1.54) is 11.3 Å². The van der Waals surface area contributed by atoms with Gasteiger partial charge < -0.3 is 4.74 Å². The van der Waals surface area contributed by atoms with Crippen LogP contribution in [0, 0.1) is 6.92 Å². The van der Waals surface area contributed by atoms with Crippen LogP contribution in [0.5, 0.6) is 5.75 Å². The molecule has 16 heavy (non-hydrogen) atoms. The highest BCUT2D eigenvalue weighted by Crippen LogP contribution is 2.23. The Balaban J connectivity index is 2.31. The molecule has 2 rings (SSSR count). The molecule has 1 heterocycles. The molecule has 2 aromatic rings. The van der Waals surface area contributed by atoms with E-state index in [4.69, 9.17) is 4.74 Å². The number of carbonyl (C=O) groups excluding carboxylic acids is 1. The molecule has 3 heteroatoms. The lowest BCUT2D eigenvalue weighted by Gasteiger charge is -1.99.